The van der Waals surface area contributed by atoms with Gasteiger partial charge in [0.1, 0.15) is 0 Å². The van der Waals surface area contributed by atoms with Crippen LogP contribution in [0.2, 0.25) is 0 Å². The summed E-state index contributed by atoms with van der Waals surface area (Å²) in [5, 5.41) is 1.20. The van der Waals surface area contributed by atoms with E-state index in [4.69, 9.17) is 4.74 Å². The molecule has 0 radical (unpaired) electrons. The van der Waals surface area contributed by atoms with Crippen LogP contribution in [0.5, 0.6) is 0 Å². The minimum absolute atomic E-state index is 0. The topological polar surface area (TPSA) is 25.2 Å². The Bertz CT molecular complexity index is 713. The molecular formula is C22H35N2PZn. The van der Waals surface area contributed by atoms with Crippen molar-refractivity contribution in [1.29, 1.82) is 0 Å². The normalized spacial score (nSPS) is 11.7. The Kier molecular flexibility index (Phi) is 10.4. The zero-order valence-electron chi connectivity index (χ0n) is 18.0. The molecule has 2 rings (SSSR count). The third-order valence-electron chi connectivity index (χ3n) is 4.14. The van der Waals surface area contributed by atoms with Gasteiger partial charge in [0.2, 0.25) is 0 Å². The summed E-state index contributed by atoms with van der Waals surface area (Å²) < 4.78 is 5.37. The molecule has 0 unspecified atom stereocenters. The first-order valence-corrected chi connectivity index (χ1v) is 11.1. The van der Waals surface area contributed by atoms with Gasteiger partial charge in [-0.05, 0) is 50.7 Å². The Morgan fingerprint density at radius 2 is 1.54 bits per heavy atom. The van der Waals surface area contributed by atoms with Gasteiger partial charge in [-0.3, -0.25) is 0 Å². The van der Waals surface area contributed by atoms with Gasteiger partial charge in [0, 0.05) is 6.20 Å². The number of benzene rings is 1. The fourth-order valence-electron chi connectivity index (χ4n) is 3.13. The number of rotatable bonds is 4. The molecule has 26 heavy (non-hydrogen) atoms. The summed E-state index contributed by atoms with van der Waals surface area (Å²) in [5.41, 5.74) is 3.34. The zero-order chi connectivity index (χ0) is 19.3. The first-order chi connectivity index (χ1) is 11.7. The number of fused-ring (bicyclic) bond motifs is 1. The molecule has 0 saturated heterocycles. The van der Waals surface area contributed by atoms with Crippen LogP contribution in [-0.2, 0) is 19.5 Å². The van der Waals surface area contributed by atoms with Gasteiger partial charge in [-0.2, -0.15) is 18.6 Å². The number of pyridine rings is 1. The molecule has 0 aliphatic carbocycles. The van der Waals surface area contributed by atoms with E-state index in [0.717, 1.165) is 5.52 Å². The Morgan fingerprint density at radius 1 is 1.00 bits per heavy atom. The molecule has 1 aromatic heterocycles. The Balaban J connectivity index is 0.00000201. The Labute approximate surface area is 174 Å². The summed E-state index contributed by atoms with van der Waals surface area (Å²) in [6, 6.07) is 10.6. The second-order valence-corrected chi connectivity index (χ2v) is 11.9. The fourth-order valence-corrected chi connectivity index (χ4v) is 7.13. The average Bonchev–Trinajstić information content (AvgIpc) is 2.54. The fraction of sp³-hybridized carbons (Fsp3) is 0.500. The van der Waals surface area contributed by atoms with Gasteiger partial charge in [0.25, 0.3) is 0 Å². The van der Waals surface area contributed by atoms with Crippen molar-refractivity contribution in [2.24, 2.45) is 4.74 Å². The molecule has 0 bridgehead atoms. The average molecular weight is 424 g/mol. The van der Waals surface area contributed by atoms with Crippen molar-refractivity contribution >= 4 is 18.0 Å². The quantitative estimate of drug-likeness (QED) is 0.285. The van der Waals surface area contributed by atoms with E-state index < -0.39 is 7.05 Å². The maximum Gasteiger partial charge on any atom is 2.00 e. The van der Waals surface area contributed by atoms with Crippen LogP contribution in [0.15, 0.2) is 41.3 Å². The minimum Gasteiger partial charge on any atom is -0.346 e. The Morgan fingerprint density at radius 3 is 2.04 bits per heavy atom. The van der Waals surface area contributed by atoms with Crippen LogP contribution < -0.4 is 0 Å². The molecule has 0 aliphatic heterocycles. The number of nitrogens with zero attached hydrogens (tertiary/aromatic N) is 2. The minimum atomic E-state index is -1.63. The van der Waals surface area contributed by atoms with E-state index >= 15 is 0 Å². The molecule has 0 atom stereocenters. The van der Waals surface area contributed by atoms with Gasteiger partial charge in [0.05, 0.1) is 5.54 Å². The van der Waals surface area contributed by atoms with Crippen LogP contribution in [0.1, 0.15) is 61.0 Å². The van der Waals surface area contributed by atoms with Crippen LogP contribution in [0.4, 0.5) is 0 Å². The predicted octanol–water partition coefficient (Wildman–Crippen LogP) is 7.40. The van der Waals surface area contributed by atoms with Gasteiger partial charge in [-0.25, -0.2) is 0 Å². The number of para-hydroxylation sites is 1. The molecule has 0 saturated carbocycles. The Hall–Kier alpha value is -0.647. The van der Waals surface area contributed by atoms with E-state index in [0.29, 0.717) is 11.3 Å². The monoisotopic (exact) mass is 422 g/mol. The van der Waals surface area contributed by atoms with Crippen molar-refractivity contribution in [1.82, 2.24) is 4.98 Å². The van der Waals surface area contributed by atoms with Gasteiger partial charge in [-0.1, -0.05) is 45.2 Å². The smallest absolute Gasteiger partial charge is 0.346 e. The zero-order valence-corrected chi connectivity index (χ0v) is 21.8. The van der Waals surface area contributed by atoms with Crippen LogP contribution in [0.25, 0.3) is 10.9 Å². The molecule has 4 heteroatoms. The molecule has 140 valence electrons. The van der Waals surface area contributed by atoms with Gasteiger partial charge in [0.15, 0.2) is 0 Å². The standard InChI is InChI=1S/C20H30N2P.C2H5.Zn/c1-15(2)23(16(3)4,22-20(5,6)7)14-18-11-8-10-17-12-9-13-21-19(17)18;1-2;/h8-16H,1-7H3;1H2,2H3;/q2*-1;+2. The van der Waals surface area contributed by atoms with Crippen LogP contribution in [-0.4, -0.2) is 21.8 Å². The van der Waals surface area contributed by atoms with Gasteiger partial charge in [-0.15, -0.1) is 12.2 Å². The van der Waals surface area contributed by atoms with Crippen molar-refractivity contribution in [3.63, 3.8) is 0 Å². The predicted molar refractivity (Wildman–Crippen MR) is 116 cm³/mol. The first kappa shape index (κ1) is 25.4. The number of aromatic nitrogens is 1. The maximum atomic E-state index is 5.37. The molecule has 2 aromatic rings. The number of hydrogen-bond acceptors (Lipinski definition) is 2. The van der Waals surface area contributed by atoms with E-state index in [1.54, 1.807) is 6.92 Å². The van der Waals surface area contributed by atoms with Crippen molar-refractivity contribution in [3.8, 4) is 0 Å². The summed E-state index contributed by atoms with van der Waals surface area (Å²) in [7, 11) is -1.63. The first-order valence-electron chi connectivity index (χ1n) is 9.18. The molecule has 1 aromatic carbocycles. The molecule has 0 spiro atoms. The second-order valence-electron chi connectivity index (χ2n) is 7.80. The third-order valence-corrected chi connectivity index (χ3v) is 9.08. The summed E-state index contributed by atoms with van der Waals surface area (Å²) in [6.07, 6.45) is 4.34. The largest absolute Gasteiger partial charge is 2.00 e. The number of hydrogen-bond donors (Lipinski definition) is 0. The molecule has 0 fully saturated rings. The molecule has 0 N–H and O–H groups in total. The van der Waals surface area contributed by atoms with Crippen LogP contribution in [0, 0.1) is 13.1 Å². The van der Waals surface area contributed by atoms with E-state index in [1.807, 2.05) is 12.3 Å². The third kappa shape index (κ3) is 6.21. The van der Waals surface area contributed by atoms with E-state index in [-0.39, 0.29) is 25.0 Å². The molecular weight excluding hydrogens is 389 g/mol. The molecule has 1 heterocycles. The summed E-state index contributed by atoms with van der Waals surface area (Å²) in [6.45, 7) is 20.9. The van der Waals surface area contributed by atoms with Gasteiger partial charge >= 0.3 is 19.5 Å². The molecule has 2 nitrogen and oxygen atoms in total. The summed E-state index contributed by atoms with van der Waals surface area (Å²) in [5.74, 6) is 0. The van der Waals surface area contributed by atoms with Crippen LogP contribution in [0.3, 0.4) is 0 Å². The molecule has 0 aliphatic rings. The summed E-state index contributed by atoms with van der Waals surface area (Å²) in [4.78, 5) is 4.63. The van der Waals surface area contributed by atoms with E-state index in [2.05, 4.69) is 90.8 Å². The second kappa shape index (κ2) is 10.6. The van der Waals surface area contributed by atoms with Gasteiger partial charge < -0.3 is 16.7 Å². The van der Waals surface area contributed by atoms with Crippen molar-refractivity contribution in [2.45, 2.75) is 72.2 Å². The van der Waals surface area contributed by atoms with E-state index in [1.165, 1.54) is 10.9 Å². The summed E-state index contributed by atoms with van der Waals surface area (Å²) >= 11 is 0. The van der Waals surface area contributed by atoms with E-state index in [9.17, 15) is 0 Å². The SMILES string of the molecule is CC(C)P([CH-]c1cccc2cccnc12)(=NC(C)(C)C)C(C)C.[CH2-]C.[Zn+2]. The van der Waals surface area contributed by atoms with Crippen LogP contribution >= 0.6 is 7.05 Å². The van der Waals surface area contributed by atoms with Crippen molar-refractivity contribution in [3.05, 3.63) is 55.2 Å². The maximum absolute atomic E-state index is 5.37. The van der Waals surface area contributed by atoms with Crippen molar-refractivity contribution < 1.29 is 19.5 Å². The molecule has 0 amide bonds. The van der Waals surface area contributed by atoms with Crippen molar-refractivity contribution in [2.75, 3.05) is 0 Å².